The molecule has 1 aliphatic heterocycles. The number of rotatable bonds is 3. The van der Waals surface area contributed by atoms with E-state index in [1.54, 1.807) is 0 Å². The summed E-state index contributed by atoms with van der Waals surface area (Å²) in [6, 6.07) is 10.0. The molecule has 1 heterocycles. The lowest BCUT2D eigenvalue weighted by Crippen LogP contribution is -2.61. The van der Waals surface area contributed by atoms with Crippen LogP contribution in [0.5, 0.6) is 0 Å². The van der Waals surface area contributed by atoms with E-state index in [9.17, 15) is 9.59 Å². The minimum atomic E-state index is -0.235. The van der Waals surface area contributed by atoms with E-state index in [-0.39, 0.29) is 29.3 Å². The zero-order valence-corrected chi connectivity index (χ0v) is 20.1. The van der Waals surface area contributed by atoms with Crippen LogP contribution in [0.1, 0.15) is 77.3 Å². The fourth-order valence-corrected chi connectivity index (χ4v) is 8.14. The van der Waals surface area contributed by atoms with Crippen molar-refractivity contribution in [3.63, 3.8) is 0 Å². The third-order valence-corrected chi connectivity index (χ3v) is 9.87. The number of carbonyl (C=O) groups excluding carboxylic acids is 2. The fourth-order valence-electron chi connectivity index (χ4n) is 8.14. The molecule has 3 aliphatic carbocycles. The third-order valence-electron chi connectivity index (χ3n) is 9.87. The summed E-state index contributed by atoms with van der Waals surface area (Å²) < 4.78 is 0. The molecule has 5 rings (SSSR count). The predicted octanol–water partition coefficient (Wildman–Crippen LogP) is 5.26. The van der Waals surface area contributed by atoms with Gasteiger partial charge in [0, 0.05) is 18.5 Å². The minimum Gasteiger partial charge on any atom is -0.345 e. The van der Waals surface area contributed by atoms with Gasteiger partial charge in [0.25, 0.3) is 11.8 Å². The molecular formula is C28H38N2O2. The van der Waals surface area contributed by atoms with E-state index in [2.05, 4.69) is 25.2 Å². The first-order valence-electron chi connectivity index (χ1n) is 12.6. The van der Waals surface area contributed by atoms with E-state index in [4.69, 9.17) is 0 Å². The van der Waals surface area contributed by atoms with Crippen molar-refractivity contribution in [1.82, 2.24) is 10.2 Å². The molecule has 4 aliphatic rings. The Hall–Kier alpha value is -2.10. The highest BCUT2D eigenvalue weighted by atomic mass is 16.2. The van der Waals surface area contributed by atoms with Crippen molar-refractivity contribution in [2.45, 2.75) is 77.8 Å². The molecule has 32 heavy (non-hydrogen) atoms. The molecule has 1 N–H and O–H groups in total. The summed E-state index contributed by atoms with van der Waals surface area (Å²) >= 11 is 0. The van der Waals surface area contributed by atoms with Gasteiger partial charge in [-0.05, 0) is 74.2 Å². The summed E-state index contributed by atoms with van der Waals surface area (Å²) in [7, 11) is 1.91. The topological polar surface area (TPSA) is 49.4 Å². The van der Waals surface area contributed by atoms with Crippen LogP contribution in [0.3, 0.4) is 0 Å². The van der Waals surface area contributed by atoms with E-state index in [0.717, 1.165) is 23.8 Å². The molecule has 1 aromatic carbocycles. The molecule has 2 amide bonds. The van der Waals surface area contributed by atoms with Crippen molar-refractivity contribution in [3.8, 4) is 0 Å². The van der Waals surface area contributed by atoms with Gasteiger partial charge in [-0.25, -0.2) is 0 Å². The fraction of sp³-hybridized carbons (Fsp3) is 0.643. The third kappa shape index (κ3) is 3.24. The van der Waals surface area contributed by atoms with Crippen LogP contribution in [0, 0.1) is 28.6 Å². The monoisotopic (exact) mass is 434 g/mol. The van der Waals surface area contributed by atoms with Gasteiger partial charge in [-0.15, -0.1) is 0 Å². The second-order valence-electron chi connectivity index (χ2n) is 11.5. The molecule has 1 aromatic rings. The first kappa shape index (κ1) is 21.7. The maximum absolute atomic E-state index is 13.3. The summed E-state index contributed by atoms with van der Waals surface area (Å²) in [6.07, 6.45) is 11.0. The van der Waals surface area contributed by atoms with Crippen LogP contribution in [0.25, 0.3) is 0 Å². The second-order valence-corrected chi connectivity index (χ2v) is 11.5. The summed E-state index contributed by atoms with van der Waals surface area (Å²) in [5, 5.41) is 3.09. The molecule has 0 aromatic heterocycles. The highest BCUT2D eigenvalue weighted by Crippen LogP contribution is 2.64. The van der Waals surface area contributed by atoms with Gasteiger partial charge in [-0.1, -0.05) is 56.7 Å². The molecular weight excluding hydrogens is 396 g/mol. The first-order chi connectivity index (χ1) is 15.2. The SMILES string of the molecule is CC(NC(=O)C1=C[C@@]2(C)C(CC[C@@H]3[C@H]2CC[C@]2(C)CCC[C@@H]32)N(C)C1=O)c1ccccc1. The zero-order valence-electron chi connectivity index (χ0n) is 20.1. The lowest BCUT2D eigenvalue weighted by atomic mass is 9.48. The Morgan fingerprint density at radius 1 is 1.06 bits per heavy atom. The number of carbonyl (C=O) groups is 2. The normalized spacial score (nSPS) is 39.4. The summed E-state index contributed by atoms with van der Waals surface area (Å²) in [5.74, 6) is 1.74. The van der Waals surface area contributed by atoms with Crippen molar-refractivity contribution >= 4 is 11.8 Å². The summed E-state index contributed by atoms with van der Waals surface area (Å²) in [5.41, 5.74) is 1.77. The predicted molar refractivity (Wildman–Crippen MR) is 127 cm³/mol. The van der Waals surface area contributed by atoms with Crippen molar-refractivity contribution in [1.29, 1.82) is 0 Å². The molecule has 0 spiro atoms. The highest BCUT2D eigenvalue weighted by Gasteiger charge is 2.59. The molecule has 3 saturated carbocycles. The zero-order chi connectivity index (χ0) is 22.7. The quantitative estimate of drug-likeness (QED) is 0.660. The van der Waals surface area contributed by atoms with Crippen molar-refractivity contribution in [3.05, 3.63) is 47.5 Å². The Morgan fingerprint density at radius 2 is 1.81 bits per heavy atom. The molecule has 0 radical (unpaired) electrons. The summed E-state index contributed by atoms with van der Waals surface area (Å²) in [6.45, 7) is 6.84. The molecule has 172 valence electrons. The Kier molecular flexibility index (Phi) is 5.26. The average molecular weight is 435 g/mol. The molecule has 7 atom stereocenters. The van der Waals surface area contributed by atoms with Crippen LogP contribution in [-0.4, -0.2) is 29.8 Å². The first-order valence-corrected chi connectivity index (χ1v) is 12.6. The van der Waals surface area contributed by atoms with Gasteiger partial charge in [0.2, 0.25) is 0 Å². The maximum atomic E-state index is 13.3. The van der Waals surface area contributed by atoms with Crippen molar-refractivity contribution < 1.29 is 9.59 Å². The molecule has 0 bridgehead atoms. The number of hydrogen-bond acceptors (Lipinski definition) is 2. The van der Waals surface area contributed by atoms with Crippen LogP contribution >= 0.6 is 0 Å². The van der Waals surface area contributed by atoms with E-state index in [0.29, 0.717) is 16.9 Å². The largest absolute Gasteiger partial charge is 0.345 e. The van der Waals surface area contributed by atoms with Gasteiger partial charge in [0.15, 0.2) is 0 Å². The standard InChI is InChI=1S/C28H38N2O2/c1-18(19-9-6-5-7-10-19)29-25(31)21-17-28(3)23-14-16-27(2)15-8-11-22(27)20(23)12-13-24(28)30(4)26(21)32/h5-7,9-10,17-18,20,22-24H,8,11-16H2,1-4H3,(H,29,31)/t18?,20-,22-,23+,24?,27-,28+/m0/s1. The number of amides is 2. The van der Waals surface area contributed by atoms with E-state index < -0.39 is 0 Å². The van der Waals surface area contributed by atoms with Crippen LogP contribution < -0.4 is 5.32 Å². The lowest BCUT2D eigenvalue weighted by Gasteiger charge is -2.60. The number of benzene rings is 1. The summed E-state index contributed by atoms with van der Waals surface area (Å²) in [4.78, 5) is 28.5. The Morgan fingerprint density at radius 3 is 2.56 bits per heavy atom. The number of hydrogen-bond donors (Lipinski definition) is 1. The smallest absolute Gasteiger partial charge is 0.259 e. The van der Waals surface area contributed by atoms with Crippen LogP contribution in [0.4, 0.5) is 0 Å². The van der Waals surface area contributed by atoms with Gasteiger partial charge in [0.05, 0.1) is 6.04 Å². The molecule has 0 saturated heterocycles. The number of fused-ring (bicyclic) bond motifs is 5. The van der Waals surface area contributed by atoms with Gasteiger partial charge in [-0.3, -0.25) is 9.59 Å². The molecule has 4 nitrogen and oxygen atoms in total. The van der Waals surface area contributed by atoms with Gasteiger partial charge in [0.1, 0.15) is 5.57 Å². The minimum absolute atomic E-state index is 0.120. The average Bonchev–Trinajstić information content (AvgIpc) is 3.18. The van der Waals surface area contributed by atoms with E-state index in [1.807, 2.05) is 49.2 Å². The number of likely N-dealkylation sites (N-methyl/N-ethyl adjacent to an activating group) is 1. The van der Waals surface area contributed by atoms with Crippen LogP contribution in [0.2, 0.25) is 0 Å². The Labute approximate surface area is 192 Å². The van der Waals surface area contributed by atoms with Crippen molar-refractivity contribution in [2.24, 2.45) is 28.6 Å². The maximum Gasteiger partial charge on any atom is 0.259 e. The van der Waals surface area contributed by atoms with Crippen LogP contribution in [-0.2, 0) is 9.59 Å². The lowest BCUT2D eigenvalue weighted by molar-refractivity contribution is -0.141. The number of nitrogens with zero attached hydrogens (tertiary/aromatic N) is 1. The van der Waals surface area contributed by atoms with E-state index >= 15 is 0 Å². The molecule has 4 heteroatoms. The van der Waals surface area contributed by atoms with Gasteiger partial charge >= 0.3 is 0 Å². The molecule has 3 fully saturated rings. The van der Waals surface area contributed by atoms with Gasteiger partial charge < -0.3 is 10.2 Å². The number of nitrogens with one attached hydrogen (secondary N) is 1. The van der Waals surface area contributed by atoms with Crippen molar-refractivity contribution in [2.75, 3.05) is 7.05 Å². The second kappa shape index (κ2) is 7.74. The Balaban J connectivity index is 1.45. The van der Waals surface area contributed by atoms with Gasteiger partial charge in [-0.2, -0.15) is 0 Å². The Bertz CT molecular complexity index is 940. The molecule has 2 unspecified atom stereocenters. The highest BCUT2D eigenvalue weighted by molar-refractivity contribution is 6.19. The van der Waals surface area contributed by atoms with E-state index in [1.165, 1.54) is 38.5 Å². The van der Waals surface area contributed by atoms with Crippen LogP contribution in [0.15, 0.2) is 42.0 Å².